The van der Waals surface area contributed by atoms with Crippen molar-refractivity contribution in [2.45, 2.75) is 6.92 Å². The molecule has 138 valence electrons. The molecule has 5 aromatic rings. The number of benzene rings is 3. The van der Waals surface area contributed by atoms with Gasteiger partial charge in [0.15, 0.2) is 5.82 Å². The third-order valence-corrected chi connectivity index (χ3v) is 4.70. The molecule has 3 N–H and O–H groups in total. The minimum absolute atomic E-state index is 0.101. The van der Waals surface area contributed by atoms with Gasteiger partial charge < -0.3 is 5.11 Å². The van der Waals surface area contributed by atoms with Gasteiger partial charge in [-0.25, -0.2) is 10.5 Å². The molecule has 0 amide bonds. The number of hydrazine groups is 1. The molecule has 5 rings (SSSR count). The van der Waals surface area contributed by atoms with Gasteiger partial charge in [0.1, 0.15) is 11.4 Å². The average molecular weight is 372 g/mol. The topological polar surface area (TPSA) is 96.5 Å². The van der Waals surface area contributed by atoms with Gasteiger partial charge in [-0.05, 0) is 30.5 Å². The van der Waals surface area contributed by atoms with Gasteiger partial charge in [0.05, 0.1) is 10.9 Å². The highest BCUT2D eigenvalue weighted by molar-refractivity contribution is 5.96. The van der Waals surface area contributed by atoms with Crippen LogP contribution in [0.3, 0.4) is 0 Å². The van der Waals surface area contributed by atoms with Crippen LogP contribution in [-0.2, 0) is 0 Å². The molecule has 0 saturated carbocycles. The van der Waals surface area contributed by atoms with E-state index in [0.717, 1.165) is 10.8 Å². The summed E-state index contributed by atoms with van der Waals surface area (Å²) in [6.07, 6.45) is 0. The number of para-hydroxylation sites is 1. The standard InChI is InChI=1S/C20H16N6O2/c1-12-23-26-19(28)15-8-4-5-9-16(15)21-20(26)25(12)24-22-18-14-7-3-2-6-13(14)10-11-17(18)27/h2-11,22,24,27H,1H3. The number of anilines is 1. The number of phenolic OH excluding ortho intramolecular Hbond substituents is 1. The lowest BCUT2D eigenvalue weighted by Gasteiger charge is -2.15. The smallest absolute Gasteiger partial charge is 0.283 e. The van der Waals surface area contributed by atoms with E-state index in [0.29, 0.717) is 28.2 Å². The van der Waals surface area contributed by atoms with Crippen molar-refractivity contribution < 1.29 is 5.11 Å². The summed E-state index contributed by atoms with van der Waals surface area (Å²) in [7, 11) is 0. The van der Waals surface area contributed by atoms with E-state index >= 15 is 0 Å². The lowest BCUT2D eigenvalue weighted by Crippen LogP contribution is -2.24. The molecule has 0 saturated heterocycles. The van der Waals surface area contributed by atoms with Crippen LogP contribution in [0.2, 0.25) is 0 Å². The van der Waals surface area contributed by atoms with Crippen LogP contribution in [0.25, 0.3) is 27.5 Å². The summed E-state index contributed by atoms with van der Waals surface area (Å²) in [4.78, 5) is 17.3. The quantitative estimate of drug-likeness (QED) is 0.333. The van der Waals surface area contributed by atoms with Crippen molar-refractivity contribution in [1.82, 2.24) is 19.3 Å². The Hall–Kier alpha value is -4.07. The zero-order valence-corrected chi connectivity index (χ0v) is 14.9. The summed E-state index contributed by atoms with van der Waals surface area (Å²) in [5.41, 5.74) is 6.89. The number of aromatic nitrogens is 4. The Morgan fingerprint density at radius 1 is 0.964 bits per heavy atom. The van der Waals surface area contributed by atoms with Crippen molar-refractivity contribution >= 4 is 33.1 Å². The lowest BCUT2D eigenvalue weighted by atomic mass is 10.1. The molecule has 0 radical (unpaired) electrons. The first-order chi connectivity index (χ1) is 13.6. The predicted molar refractivity (Wildman–Crippen MR) is 108 cm³/mol. The van der Waals surface area contributed by atoms with Crippen molar-refractivity contribution in [3.8, 4) is 5.75 Å². The van der Waals surface area contributed by atoms with Crippen molar-refractivity contribution in [2.75, 3.05) is 11.0 Å². The van der Waals surface area contributed by atoms with Crippen molar-refractivity contribution in [1.29, 1.82) is 0 Å². The van der Waals surface area contributed by atoms with E-state index in [-0.39, 0.29) is 11.3 Å². The van der Waals surface area contributed by atoms with Crippen molar-refractivity contribution in [2.24, 2.45) is 0 Å². The summed E-state index contributed by atoms with van der Waals surface area (Å²) in [6, 6.07) is 18.3. The summed E-state index contributed by atoms with van der Waals surface area (Å²) in [6.45, 7) is 1.76. The van der Waals surface area contributed by atoms with Crippen molar-refractivity contribution in [3.05, 3.63) is 76.8 Å². The Bertz CT molecular complexity index is 1420. The zero-order valence-electron chi connectivity index (χ0n) is 14.9. The molecule has 2 aromatic heterocycles. The summed E-state index contributed by atoms with van der Waals surface area (Å²) in [5, 5.41) is 16.9. The van der Waals surface area contributed by atoms with Gasteiger partial charge in [0.2, 0.25) is 0 Å². The molecule has 0 aliphatic rings. The third-order valence-electron chi connectivity index (χ3n) is 4.70. The molecule has 0 aliphatic carbocycles. The third kappa shape index (κ3) is 2.35. The monoisotopic (exact) mass is 372 g/mol. The molecule has 0 atom stereocenters. The van der Waals surface area contributed by atoms with Crippen LogP contribution in [0.1, 0.15) is 5.82 Å². The second-order valence-electron chi connectivity index (χ2n) is 6.45. The maximum Gasteiger partial charge on any atom is 0.283 e. The van der Waals surface area contributed by atoms with Gasteiger partial charge in [-0.3, -0.25) is 10.2 Å². The van der Waals surface area contributed by atoms with E-state index in [4.69, 9.17) is 0 Å². The lowest BCUT2D eigenvalue weighted by molar-refractivity contribution is 0.478. The first-order valence-electron chi connectivity index (χ1n) is 8.73. The van der Waals surface area contributed by atoms with E-state index in [1.54, 1.807) is 35.9 Å². The molecule has 3 aromatic carbocycles. The summed E-state index contributed by atoms with van der Waals surface area (Å²) >= 11 is 0. The number of hydrogen-bond acceptors (Lipinski definition) is 6. The van der Waals surface area contributed by atoms with E-state index in [2.05, 4.69) is 21.0 Å². The summed E-state index contributed by atoms with van der Waals surface area (Å²) in [5.74, 6) is 0.976. The molecule has 0 aliphatic heterocycles. The molecule has 0 spiro atoms. The van der Waals surface area contributed by atoms with Crippen LogP contribution < -0.4 is 16.5 Å². The first-order valence-corrected chi connectivity index (χ1v) is 8.73. The molecule has 2 heterocycles. The van der Waals surface area contributed by atoms with E-state index in [1.165, 1.54) is 4.52 Å². The minimum Gasteiger partial charge on any atom is -0.506 e. The van der Waals surface area contributed by atoms with Gasteiger partial charge in [0.25, 0.3) is 11.3 Å². The minimum atomic E-state index is -0.239. The van der Waals surface area contributed by atoms with E-state index in [1.807, 2.05) is 36.4 Å². The number of hydrogen-bond donors (Lipinski definition) is 3. The van der Waals surface area contributed by atoms with Crippen LogP contribution in [-0.4, -0.2) is 24.4 Å². The normalized spacial score (nSPS) is 11.3. The Kier molecular flexibility index (Phi) is 3.45. The maximum absolute atomic E-state index is 12.7. The van der Waals surface area contributed by atoms with Gasteiger partial charge in [0, 0.05) is 5.39 Å². The van der Waals surface area contributed by atoms with Crippen LogP contribution in [0, 0.1) is 6.92 Å². The molecule has 0 fully saturated rings. The van der Waals surface area contributed by atoms with Gasteiger partial charge in [-0.1, -0.05) is 42.5 Å². The number of rotatable bonds is 3. The Labute approximate surface area is 158 Å². The van der Waals surface area contributed by atoms with Crippen LogP contribution >= 0.6 is 0 Å². The number of nitrogens with zero attached hydrogens (tertiary/aromatic N) is 4. The predicted octanol–water partition coefficient (Wildman–Crippen LogP) is 2.78. The number of phenols is 1. The molecule has 0 unspecified atom stereocenters. The van der Waals surface area contributed by atoms with E-state index < -0.39 is 0 Å². The fourth-order valence-corrected chi connectivity index (χ4v) is 3.32. The Morgan fingerprint density at radius 2 is 1.71 bits per heavy atom. The van der Waals surface area contributed by atoms with E-state index in [9.17, 15) is 9.90 Å². The highest BCUT2D eigenvalue weighted by atomic mass is 16.3. The molecule has 28 heavy (non-hydrogen) atoms. The molecular weight excluding hydrogens is 356 g/mol. The number of aryl methyl sites for hydroxylation is 1. The second-order valence-corrected chi connectivity index (χ2v) is 6.45. The highest BCUT2D eigenvalue weighted by Crippen LogP contribution is 2.31. The number of fused-ring (bicyclic) bond motifs is 3. The Morgan fingerprint density at radius 3 is 2.57 bits per heavy atom. The zero-order chi connectivity index (χ0) is 19.3. The fourth-order valence-electron chi connectivity index (χ4n) is 3.32. The average Bonchev–Trinajstić information content (AvgIpc) is 3.03. The second kappa shape index (κ2) is 5.98. The molecule has 8 nitrogen and oxygen atoms in total. The SMILES string of the molecule is Cc1nn2c(=O)c3ccccc3nc2n1NNc1c(O)ccc2ccccc12. The number of nitrogens with one attached hydrogen (secondary N) is 2. The summed E-state index contributed by atoms with van der Waals surface area (Å²) < 4.78 is 2.82. The van der Waals surface area contributed by atoms with Crippen LogP contribution in [0.5, 0.6) is 5.75 Å². The fraction of sp³-hybridized carbons (Fsp3) is 0.0500. The maximum atomic E-state index is 12.7. The van der Waals surface area contributed by atoms with Crippen molar-refractivity contribution in [3.63, 3.8) is 0 Å². The van der Waals surface area contributed by atoms with Gasteiger partial charge >= 0.3 is 0 Å². The largest absolute Gasteiger partial charge is 0.506 e. The van der Waals surface area contributed by atoms with Crippen LogP contribution in [0.4, 0.5) is 5.69 Å². The first kappa shape index (κ1) is 16.1. The van der Waals surface area contributed by atoms with Gasteiger partial charge in [-0.15, -0.1) is 5.10 Å². The van der Waals surface area contributed by atoms with Crippen LogP contribution in [0.15, 0.2) is 65.5 Å². The molecule has 0 bridgehead atoms. The highest BCUT2D eigenvalue weighted by Gasteiger charge is 2.14. The molecular formula is C20H16N6O2. The Balaban J connectivity index is 1.63. The number of aromatic hydroxyl groups is 1. The molecule has 8 heteroatoms. The van der Waals surface area contributed by atoms with Gasteiger partial charge in [-0.2, -0.15) is 9.19 Å².